The maximum absolute atomic E-state index is 10.5. The van der Waals surface area contributed by atoms with Crippen LogP contribution in [0.1, 0.15) is 23.8 Å². The predicted molar refractivity (Wildman–Crippen MR) is 74.7 cm³/mol. The van der Waals surface area contributed by atoms with Gasteiger partial charge < -0.3 is 19.3 Å². The van der Waals surface area contributed by atoms with Crippen LogP contribution in [0.2, 0.25) is 0 Å². The molecule has 1 aromatic carbocycles. The summed E-state index contributed by atoms with van der Waals surface area (Å²) in [4.78, 5) is 8.19. The maximum Gasteiger partial charge on any atom is 0.238 e. The average molecular weight is 288 g/mol. The van der Waals surface area contributed by atoms with Gasteiger partial charge in [-0.15, -0.1) is 0 Å². The van der Waals surface area contributed by atoms with E-state index in [1.807, 2.05) is 0 Å². The zero-order chi connectivity index (χ0) is 14.7. The second kappa shape index (κ2) is 5.97. The molecule has 3 rings (SSSR count). The Kier molecular flexibility index (Phi) is 3.87. The highest BCUT2D eigenvalue weighted by molar-refractivity contribution is 5.45. The van der Waals surface area contributed by atoms with Gasteiger partial charge in [0.2, 0.25) is 5.88 Å². The molecule has 110 valence electrons. The lowest BCUT2D eigenvalue weighted by Gasteiger charge is -2.15. The number of ether oxygens (including phenoxy) is 3. The van der Waals surface area contributed by atoms with Gasteiger partial charge in [0.05, 0.1) is 20.3 Å². The standard InChI is InChI=1S/C15H16N2O4/c1-19-15-13(16-5-6-17-15)14(18)10-3-4-11-12(9-10)21-8-2-7-20-11/h3-6,9,14,18H,2,7-8H2,1H3. The van der Waals surface area contributed by atoms with Crippen LogP contribution < -0.4 is 14.2 Å². The third kappa shape index (κ3) is 2.75. The summed E-state index contributed by atoms with van der Waals surface area (Å²) in [7, 11) is 1.49. The third-order valence-corrected chi connectivity index (χ3v) is 3.23. The van der Waals surface area contributed by atoms with E-state index in [1.54, 1.807) is 18.2 Å². The van der Waals surface area contributed by atoms with Crippen molar-refractivity contribution in [2.45, 2.75) is 12.5 Å². The van der Waals surface area contributed by atoms with Gasteiger partial charge in [0.15, 0.2) is 11.5 Å². The predicted octanol–water partition coefficient (Wildman–Crippen LogP) is 1.73. The summed E-state index contributed by atoms with van der Waals surface area (Å²) in [5.41, 5.74) is 1.02. The zero-order valence-corrected chi connectivity index (χ0v) is 11.7. The summed E-state index contributed by atoms with van der Waals surface area (Å²) in [5, 5.41) is 10.5. The molecule has 2 heterocycles. The quantitative estimate of drug-likeness (QED) is 0.927. The molecule has 0 amide bonds. The topological polar surface area (TPSA) is 73.7 Å². The first-order chi connectivity index (χ1) is 10.3. The number of fused-ring (bicyclic) bond motifs is 1. The van der Waals surface area contributed by atoms with E-state index in [9.17, 15) is 5.11 Å². The molecular weight excluding hydrogens is 272 g/mol. The first-order valence-corrected chi connectivity index (χ1v) is 6.72. The van der Waals surface area contributed by atoms with Gasteiger partial charge in [-0.2, -0.15) is 0 Å². The number of methoxy groups -OCH3 is 1. The van der Waals surface area contributed by atoms with E-state index in [0.29, 0.717) is 41.9 Å². The number of hydrogen-bond acceptors (Lipinski definition) is 6. The Balaban J connectivity index is 1.94. The number of aliphatic hydroxyl groups is 1. The van der Waals surface area contributed by atoms with Crippen molar-refractivity contribution in [1.82, 2.24) is 9.97 Å². The molecule has 21 heavy (non-hydrogen) atoms. The van der Waals surface area contributed by atoms with E-state index in [-0.39, 0.29) is 0 Å². The van der Waals surface area contributed by atoms with Gasteiger partial charge in [0.25, 0.3) is 0 Å². The molecule has 1 atom stereocenters. The Morgan fingerprint density at radius 2 is 1.90 bits per heavy atom. The van der Waals surface area contributed by atoms with E-state index in [2.05, 4.69) is 9.97 Å². The van der Waals surface area contributed by atoms with Crippen LogP contribution in [0.15, 0.2) is 30.6 Å². The molecule has 0 radical (unpaired) electrons. The minimum atomic E-state index is -0.939. The largest absolute Gasteiger partial charge is 0.490 e. The van der Waals surface area contributed by atoms with Gasteiger partial charge in [0, 0.05) is 18.8 Å². The molecular formula is C15H16N2O4. The molecule has 0 aliphatic carbocycles. The van der Waals surface area contributed by atoms with E-state index in [0.717, 1.165) is 6.42 Å². The fourth-order valence-corrected chi connectivity index (χ4v) is 2.19. The van der Waals surface area contributed by atoms with Crippen LogP contribution >= 0.6 is 0 Å². The Labute approximate surface area is 122 Å². The van der Waals surface area contributed by atoms with Crippen LogP contribution in [0.3, 0.4) is 0 Å². The fourth-order valence-electron chi connectivity index (χ4n) is 2.19. The average Bonchev–Trinajstić information content (AvgIpc) is 2.78. The molecule has 0 saturated carbocycles. The van der Waals surface area contributed by atoms with E-state index >= 15 is 0 Å². The third-order valence-electron chi connectivity index (χ3n) is 3.23. The van der Waals surface area contributed by atoms with Gasteiger partial charge >= 0.3 is 0 Å². The van der Waals surface area contributed by atoms with Crippen molar-refractivity contribution >= 4 is 0 Å². The summed E-state index contributed by atoms with van der Waals surface area (Å²) in [6.45, 7) is 1.23. The number of aliphatic hydroxyl groups excluding tert-OH is 1. The Morgan fingerprint density at radius 3 is 2.71 bits per heavy atom. The molecule has 0 saturated heterocycles. The van der Waals surface area contributed by atoms with Crippen molar-refractivity contribution in [2.24, 2.45) is 0 Å². The van der Waals surface area contributed by atoms with Crippen molar-refractivity contribution in [1.29, 1.82) is 0 Å². The monoisotopic (exact) mass is 288 g/mol. The molecule has 0 fully saturated rings. The number of aromatic nitrogens is 2. The zero-order valence-electron chi connectivity index (χ0n) is 11.7. The first-order valence-electron chi connectivity index (χ1n) is 6.72. The van der Waals surface area contributed by atoms with Gasteiger partial charge in [-0.3, -0.25) is 4.98 Å². The number of rotatable bonds is 3. The summed E-state index contributed by atoms with van der Waals surface area (Å²) in [6, 6.07) is 5.34. The minimum Gasteiger partial charge on any atom is -0.490 e. The molecule has 1 aliphatic rings. The van der Waals surface area contributed by atoms with Crippen LogP contribution in [-0.2, 0) is 0 Å². The van der Waals surface area contributed by atoms with Crippen LogP contribution in [0, 0.1) is 0 Å². The Bertz CT molecular complexity index is 633. The number of nitrogens with zero attached hydrogens (tertiary/aromatic N) is 2. The molecule has 1 aliphatic heterocycles. The molecule has 2 aromatic rings. The van der Waals surface area contributed by atoms with Crippen LogP contribution in [0.4, 0.5) is 0 Å². The molecule has 1 N–H and O–H groups in total. The van der Waals surface area contributed by atoms with E-state index in [4.69, 9.17) is 14.2 Å². The van der Waals surface area contributed by atoms with Gasteiger partial charge in [-0.1, -0.05) is 6.07 Å². The van der Waals surface area contributed by atoms with E-state index < -0.39 is 6.10 Å². The molecule has 1 aromatic heterocycles. The van der Waals surface area contributed by atoms with Crippen molar-refractivity contribution in [3.63, 3.8) is 0 Å². The van der Waals surface area contributed by atoms with Crippen LogP contribution in [-0.4, -0.2) is 35.4 Å². The van der Waals surface area contributed by atoms with Crippen molar-refractivity contribution < 1.29 is 19.3 Å². The molecule has 1 unspecified atom stereocenters. The van der Waals surface area contributed by atoms with Crippen LogP contribution in [0.25, 0.3) is 0 Å². The maximum atomic E-state index is 10.5. The van der Waals surface area contributed by atoms with Crippen molar-refractivity contribution in [2.75, 3.05) is 20.3 Å². The fraction of sp³-hybridized carbons (Fsp3) is 0.333. The van der Waals surface area contributed by atoms with Gasteiger partial charge in [-0.25, -0.2) is 4.98 Å². The second-order valence-corrected chi connectivity index (χ2v) is 4.61. The van der Waals surface area contributed by atoms with Crippen molar-refractivity contribution in [3.05, 3.63) is 41.9 Å². The van der Waals surface area contributed by atoms with Gasteiger partial charge in [0.1, 0.15) is 11.8 Å². The van der Waals surface area contributed by atoms with Gasteiger partial charge in [-0.05, 0) is 17.7 Å². The minimum absolute atomic E-state index is 0.303. The summed E-state index contributed by atoms with van der Waals surface area (Å²) in [5.74, 6) is 1.62. The Morgan fingerprint density at radius 1 is 1.14 bits per heavy atom. The SMILES string of the molecule is COc1nccnc1C(O)c1ccc2c(c1)OCCCO2. The Hall–Kier alpha value is -2.34. The smallest absolute Gasteiger partial charge is 0.238 e. The second-order valence-electron chi connectivity index (χ2n) is 4.61. The summed E-state index contributed by atoms with van der Waals surface area (Å²) in [6.07, 6.45) is 2.93. The number of hydrogen-bond donors (Lipinski definition) is 1. The normalized spacial score (nSPS) is 15.1. The van der Waals surface area contributed by atoms with E-state index in [1.165, 1.54) is 19.5 Å². The highest BCUT2D eigenvalue weighted by atomic mass is 16.5. The molecule has 0 spiro atoms. The first kappa shape index (κ1) is 13.6. The highest BCUT2D eigenvalue weighted by Crippen LogP contribution is 2.34. The lowest BCUT2D eigenvalue weighted by Crippen LogP contribution is -2.06. The van der Waals surface area contributed by atoms with Crippen LogP contribution in [0.5, 0.6) is 17.4 Å². The summed E-state index contributed by atoms with van der Waals surface area (Å²) < 4.78 is 16.3. The number of benzene rings is 1. The molecule has 6 heteroatoms. The lowest BCUT2D eigenvalue weighted by molar-refractivity contribution is 0.207. The highest BCUT2D eigenvalue weighted by Gasteiger charge is 2.20. The lowest BCUT2D eigenvalue weighted by atomic mass is 10.1. The summed E-state index contributed by atoms with van der Waals surface area (Å²) >= 11 is 0. The van der Waals surface area contributed by atoms with Crippen molar-refractivity contribution in [3.8, 4) is 17.4 Å². The molecule has 0 bridgehead atoms. The molecule has 6 nitrogen and oxygen atoms in total.